The van der Waals surface area contributed by atoms with E-state index in [0.29, 0.717) is 0 Å². The zero-order chi connectivity index (χ0) is 19.5. The average molecular weight is 372 g/mol. The fourth-order valence-electron chi connectivity index (χ4n) is 3.58. The van der Waals surface area contributed by atoms with Gasteiger partial charge in [-0.2, -0.15) is 0 Å². The van der Waals surface area contributed by atoms with Crippen LogP contribution in [0.3, 0.4) is 0 Å². The summed E-state index contributed by atoms with van der Waals surface area (Å²) >= 11 is 0. The zero-order valence-corrected chi connectivity index (χ0v) is 15.9. The van der Waals surface area contributed by atoms with Crippen molar-refractivity contribution >= 4 is 0 Å². The highest BCUT2D eigenvalue weighted by Gasteiger charge is 2.15. The lowest BCUT2D eigenvalue weighted by atomic mass is 10.0. The van der Waals surface area contributed by atoms with Crippen molar-refractivity contribution in [2.45, 2.75) is 0 Å². The first-order chi connectivity index (χ1) is 14.4. The first-order valence-electron chi connectivity index (χ1n) is 9.75. The van der Waals surface area contributed by atoms with Gasteiger partial charge in [-0.05, 0) is 11.1 Å². The van der Waals surface area contributed by atoms with Gasteiger partial charge in [-0.15, -0.1) is 0 Å². The lowest BCUT2D eigenvalue weighted by molar-refractivity contribution is 1.31. The molecule has 1 aromatic heterocycles. The Kier molecular flexibility index (Phi) is 4.51. The Morgan fingerprint density at radius 1 is 0.414 bits per heavy atom. The molecule has 0 radical (unpaired) electrons. The number of hydrogen-bond acceptors (Lipinski definition) is 1. The molecule has 0 spiro atoms. The highest BCUT2D eigenvalue weighted by atomic mass is 14.9. The van der Waals surface area contributed by atoms with Gasteiger partial charge >= 0.3 is 0 Å². The molecule has 1 N–H and O–H groups in total. The molecule has 4 aromatic carbocycles. The largest absolute Gasteiger partial charge is 0.337 e. The van der Waals surface area contributed by atoms with Crippen molar-refractivity contribution in [3.05, 3.63) is 115 Å². The Hall–Kier alpha value is -3.91. The van der Waals surface area contributed by atoms with E-state index in [1.807, 2.05) is 30.3 Å². The molecule has 0 atom stereocenters. The molecule has 0 aliphatic carbocycles. The minimum atomic E-state index is 0.877. The maximum Gasteiger partial charge on any atom is 0.138 e. The molecular weight excluding hydrogens is 352 g/mol. The Morgan fingerprint density at radius 2 is 0.862 bits per heavy atom. The fourth-order valence-corrected chi connectivity index (χ4v) is 3.58. The van der Waals surface area contributed by atoms with Crippen molar-refractivity contribution in [1.82, 2.24) is 9.97 Å². The third-order valence-electron chi connectivity index (χ3n) is 5.08. The van der Waals surface area contributed by atoms with Gasteiger partial charge in [0.2, 0.25) is 0 Å². The smallest absolute Gasteiger partial charge is 0.138 e. The van der Waals surface area contributed by atoms with Gasteiger partial charge in [-0.1, -0.05) is 115 Å². The molecular formula is C27H20N2. The van der Waals surface area contributed by atoms with Gasteiger partial charge in [0.25, 0.3) is 0 Å². The quantitative estimate of drug-likeness (QED) is 0.359. The van der Waals surface area contributed by atoms with Crippen LogP contribution in [0.4, 0.5) is 0 Å². The topological polar surface area (TPSA) is 28.7 Å². The summed E-state index contributed by atoms with van der Waals surface area (Å²) < 4.78 is 0. The summed E-state index contributed by atoms with van der Waals surface area (Å²) in [7, 11) is 0. The van der Waals surface area contributed by atoms with Crippen molar-refractivity contribution in [1.29, 1.82) is 0 Å². The molecule has 0 bridgehead atoms. The molecule has 0 saturated heterocycles. The molecule has 138 valence electrons. The van der Waals surface area contributed by atoms with Crippen LogP contribution in [0.15, 0.2) is 115 Å². The van der Waals surface area contributed by atoms with E-state index in [2.05, 4.69) is 89.9 Å². The maximum atomic E-state index is 4.97. The Labute approximate surface area is 170 Å². The molecule has 0 amide bonds. The van der Waals surface area contributed by atoms with Crippen LogP contribution in [0, 0.1) is 0 Å². The van der Waals surface area contributed by atoms with Crippen LogP contribution in [0.5, 0.6) is 0 Å². The summed E-state index contributed by atoms with van der Waals surface area (Å²) in [6.07, 6.45) is 0. The van der Waals surface area contributed by atoms with Gasteiger partial charge in [0.05, 0.1) is 11.4 Å². The second-order valence-corrected chi connectivity index (χ2v) is 6.98. The normalized spacial score (nSPS) is 10.8. The molecule has 0 aliphatic heterocycles. The average Bonchev–Trinajstić information content (AvgIpc) is 3.27. The number of nitrogens with one attached hydrogen (secondary N) is 1. The number of rotatable bonds is 4. The summed E-state index contributed by atoms with van der Waals surface area (Å²) in [5.41, 5.74) is 7.74. The summed E-state index contributed by atoms with van der Waals surface area (Å²) in [5, 5.41) is 0. The first-order valence-corrected chi connectivity index (χ1v) is 9.75. The van der Waals surface area contributed by atoms with Crippen molar-refractivity contribution in [2.75, 3.05) is 0 Å². The van der Waals surface area contributed by atoms with Gasteiger partial charge in [0.15, 0.2) is 0 Å². The molecule has 0 unspecified atom stereocenters. The van der Waals surface area contributed by atoms with Crippen molar-refractivity contribution < 1.29 is 0 Å². The van der Waals surface area contributed by atoms with E-state index in [4.69, 9.17) is 4.98 Å². The predicted octanol–water partition coefficient (Wildman–Crippen LogP) is 7.08. The third kappa shape index (κ3) is 3.48. The number of imidazole rings is 1. The highest BCUT2D eigenvalue weighted by molar-refractivity contribution is 5.81. The van der Waals surface area contributed by atoms with E-state index < -0.39 is 0 Å². The lowest BCUT2D eigenvalue weighted by Gasteiger charge is -2.03. The van der Waals surface area contributed by atoms with Crippen LogP contribution in [0.25, 0.3) is 45.0 Å². The van der Waals surface area contributed by atoms with E-state index in [-0.39, 0.29) is 0 Å². The number of aromatic amines is 1. The monoisotopic (exact) mass is 372 g/mol. The number of hydrogen-bond donors (Lipinski definition) is 1. The molecule has 5 aromatic rings. The summed E-state index contributed by atoms with van der Waals surface area (Å²) in [5.74, 6) is 0.877. The van der Waals surface area contributed by atoms with Crippen LogP contribution < -0.4 is 0 Å². The van der Waals surface area contributed by atoms with Gasteiger partial charge in [-0.25, -0.2) is 4.98 Å². The van der Waals surface area contributed by atoms with E-state index in [9.17, 15) is 0 Å². The SMILES string of the molecule is c1ccc(-c2ccc(-c3nc(-c4ccccc4)c(-c4ccccc4)[nH]3)cc2)cc1. The lowest BCUT2D eigenvalue weighted by Crippen LogP contribution is -1.82. The van der Waals surface area contributed by atoms with Crippen LogP contribution in [-0.4, -0.2) is 9.97 Å². The second kappa shape index (κ2) is 7.61. The molecule has 0 aliphatic rings. The van der Waals surface area contributed by atoms with E-state index in [1.54, 1.807) is 0 Å². The summed E-state index contributed by atoms with van der Waals surface area (Å²) in [6, 6.07) is 39.7. The highest BCUT2D eigenvalue weighted by Crippen LogP contribution is 2.33. The molecule has 2 heteroatoms. The Morgan fingerprint density at radius 3 is 1.45 bits per heavy atom. The summed E-state index contributed by atoms with van der Waals surface area (Å²) in [6.45, 7) is 0. The number of nitrogens with zero attached hydrogens (tertiary/aromatic N) is 1. The number of H-pyrrole nitrogens is 1. The van der Waals surface area contributed by atoms with Crippen molar-refractivity contribution in [3.63, 3.8) is 0 Å². The number of aromatic nitrogens is 2. The van der Waals surface area contributed by atoms with E-state index in [0.717, 1.165) is 33.9 Å². The molecule has 5 rings (SSSR count). The van der Waals surface area contributed by atoms with Crippen LogP contribution in [0.2, 0.25) is 0 Å². The van der Waals surface area contributed by atoms with Crippen LogP contribution >= 0.6 is 0 Å². The van der Waals surface area contributed by atoms with E-state index >= 15 is 0 Å². The van der Waals surface area contributed by atoms with Gasteiger partial charge in [-0.3, -0.25) is 0 Å². The van der Waals surface area contributed by atoms with Crippen LogP contribution in [0.1, 0.15) is 0 Å². The zero-order valence-electron chi connectivity index (χ0n) is 15.9. The fraction of sp³-hybridized carbons (Fsp3) is 0. The summed E-state index contributed by atoms with van der Waals surface area (Å²) in [4.78, 5) is 8.53. The Balaban J connectivity index is 1.58. The Bertz CT molecular complexity index is 1150. The van der Waals surface area contributed by atoms with Gasteiger partial charge in [0.1, 0.15) is 5.82 Å². The standard InChI is InChI=1S/C27H20N2/c1-4-10-20(11-5-1)21-16-18-24(19-17-21)27-28-25(22-12-6-2-7-13-22)26(29-27)23-14-8-3-9-15-23/h1-19H,(H,28,29). The minimum Gasteiger partial charge on any atom is -0.337 e. The minimum absolute atomic E-state index is 0.877. The third-order valence-corrected chi connectivity index (χ3v) is 5.08. The molecule has 1 heterocycles. The predicted molar refractivity (Wildman–Crippen MR) is 120 cm³/mol. The maximum absolute atomic E-state index is 4.97. The first kappa shape index (κ1) is 17.2. The number of benzene rings is 4. The molecule has 29 heavy (non-hydrogen) atoms. The molecule has 0 saturated carbocycles. The molecule has 2 nitrogen and oxygen atoms in total. The van der Waals surface area contributed by atoms with Gasteiger partial charge in [0, 0.05) is 16.7 Å². The molecule has 0 fully saturated rings. The van der Waals surface area contributed by atoms with Crippen LogP contribution in [-0.2, 0) is 0 Å². The van der Waals surface area contributed by atoms with Gasteiger partial charge < -0.3 is 4.98 Å². The second-order valence-electron chi connectivity index (χ2n) is 6.98. The van der Waals surface area contributed by atoms with Crippen molar-refractivity contribution in [3.8, 4) is 45.0 Å². The van der Waals surface area contributed by atoms with E-state index in [1.165, 1.54) is 11.1 Å². The van der Waals surface area contributed by atoms with Crippen molar-refractivity contribution in [2.24, 2.45) is 0 Å².